The molecule has 1 aromatic rings. The van der Waals surface area contributed by atoms with Gasteiger partial charge in [0.25, 0.3) is 6.43 Å². The lowest BCUT2D eigenvalue weighted by Crippen LogP contribution is -1.94. The van der Waals surface area contributed by atoms with Gasteiger partial charge in [0.15, 0.2) is 0 Å². The third kappa shape index (κ3) is 1.31. The van der Waals surface area contributed by atoms with E-state index in [0.29, 0.717) is 0 Å². The quantitative estimate of drug-likeness (QED) is 0.677. The van der Waals surface area contributed by atoms with Crippen LogP contribution in [0.1, 0.15) is 24.6 Å². The van der Waals surface area contributed by atoms with Crippen LogP contribution < -0.4 is 0 Å². The summed E-state index contributed by atoms with van der Waals surface area (Å²) in [7, 11) is 1.31. The average molecular weight is 178 g/mol. The summed E-state index contributed by atoms with van der Waals surface area (Å²) in [5.74, 6) is -0.673. The van der Waals surface area contributed by atoms with E-state index in [1.807, 2.05) is 0 Å². The lowest BCUT2D eigenvalue weighted by Gasteiger charge is -1.95. The third-order valence-electron chi connectivity index (χ3n) is 1.66. The molecule has 12 heavy (non-hydrogen) atoms. The van der Waals surface area contributed by atoms with Crippen molar-refractivity contribution in [1.82, 2.24) is 9.78 Å². The maximum absolute atomic E-state index is 12.9. The van der Waals surface area contributed by atoms with Gasteiger partial charge in [0.2, 0.25) is 5.95 Å². The van der Waals surface area contributed by atoms with E-state index in [2.05, 4.69) is 5.10 Å². The van der Waals surface area contributed by atoms with Gasteiger partial charge in [0.05, 0.1) is 0 Å². The number of nitrogens with zero attached hydrogens (tertiary/aromatic N) is 2. The van der Waals surface area contributed by atoms with E-state index in [9.17, 15) is 13.2 Å². The number of hydrogen-bond acceptors (Lipinski definition) is 1. The summed E-state index contributed by atoms with van der Waals surface area (Å²) in [6, 6.07) is 0. The van der Waals surface area contributed by atoms with Crippen LogP contribution in [-0.4, -0.2) is 9.78 Å². The molecule has 2 nitrogen and oxygen atoms in total. The number of aryl methyl sites for hydroxylation is 1. The van der Waals surface area contributed by atoms with Gasteiger partial charge in [-0.1, -0.05) is 6.92 Å². The molecule has 0 aliphatic rings. The second-order valence-corrected chi connectivity index (χ2v) is 2.43. The SMILES string of the molecule is CCc1c(C(F)F)nn(C)c1F. The lowest BCUT2D eigenvalue weighted by molar-refractivity contribution is 0.144. The molecule has 0 saturated carbocycles. The molecule has 0 N–H and O–H groups in total. The number of hydrogen-bond donors (Lipinski definition) is 0. The van der Waals surface area contributed by atoms with E-state index in [4.69, 9.17) is 0 Å². The molecule has 0 fully saturated rings. The Morgan fingerprint density at radius 3 is 2.42 bits per heavy atom. The van der Waals surface area contributed by atoms with E-state index < -0.39 is 18.1 Å². The van der Waals surface area contributed by atoms with Crippen LogP contribution in [0, 0.1) is 5.95 Å². The molecule has 1 heterocycles. The van der Waals surface area contributed by atoms with Crippen molar-refractivity contribution < 1.29 is 13.2 Å². The first-order chi connectivity index (χ1) is 5.57. The first-order valence-electron chi connectivity index (χ1n) is 3.57. The van der Waals surface area contributed by atoms with Gasteiger partial charge < -0.3 is 0 Å². The van der Waals surface area contributed by atoms with Gasteiger partial charge >= 0.3 is 0 Å². The maximum atomic E-state index is 12.9. The van der Waals surface area contributed by atoms with E-state index in [1.54, 1.807) is 6.92 Å². The molecule has 0 spiro atoms. The smallest absolute Gasteiger partial charge is 0.242 e. The molecule has 1 aromatic heterocycles. The van der Waals surface area contributed by atoms with Gasteiger partial charge in [-0.2, -0.15) is 9.49 Å². The van der Waals surface area contributed by atoms with Crippen LogP contribution >= 0.6 is 0 Å². The molecular weight excluding hydrogens is 169 g/mol. The molecule has 0 bridgehead atoms. The molecule has 1 rings (SSSR count). The molecule has 0 aromatic carbocycles. The van der Waals surface area contributed by atoms with Crippen molar-refractivity contribution in [3.8, 4) is 0 Å². The number of halogens is 3. The summed E-state index contributed by atoms with van der Waals surface area (Å²) in [6.45, 7) is 1.62. The minimum absolute atomic E-state index is 0.00694. The third-order valence-corrected chi connectivity index (χ3v) is 1.66. The zero-order chi connectivity index (χ0) is 9.30. The Kier molecular flexibility index (Phi) is 2.40. The fourth-order valence-electron chi connectivity index (χ4n) is 1.07. The Labute approximate surface area is 68.0 Å². The molecule has 0 radical (unpaired) electrons. The minimum Gasteiger partial charge on any atom is -0.242 e. The average Bonchev–Trinajstić information content (AvgIpc) is 2.29. The molecule has 0 saturated heterocycles. The summed E-state index contributed by atoms with van der Waals surface area (Å²) in [6.07, 6.45) is -2.46. The highest BCUT2D eigenvalue weighted by molar-refractivity contribution is 5.19. The van der Waals surface area contributed by atoms with Crippen LogP contribution in [0.25, 0.3) is 0 Å². The van der Waals surface area contributed by atoms with E-state index >= 15 is 0 Å². The highest BCUT2D eigenvalue weighted by atomic mass is 19.3. The Morgan fingerprint density at radius 1 is 1.50 bits per heavy atom. The van der Waals surface area contributed by atoms with Crippen molar-refractivity contribution in [2.45, 2.75) is 19.8 Å². The zero-order valence-electron chi connectivity index (χ0n) is 6.81. The summed E-state index contributed by atoms with van der Waals surface area (Å²) < 4.78 is 38.1. The van der Waals surface area contributed by atoms with Gasteiger partial charge in [-0.05, 0) is 6.42 Å². The lowest BCUT2D eigenvalue weighted by atomic mass is 10.2. The van der Waals surface area contributed by atoms with Gasteiger partial charge in [-0.25, -0.2) is 13.5 Å². The Hall–Kier alpha value is -1.00. The molecule has 0 aliphatic heterocycles. The fourth-order valence-corrected chi connectivity index (χ4v) is 1.07. The predicted molar refractivity (Wildman–Crippen MR) is 37.5 cm³/mol. The van der Waals surface area contributed by atoms with Crippen molar-refractivity contribution in [3.63, 3.8) is 0 Å². The van der Waals surface area contributed by atoms with Crippen molar-refractivity contribution in [2.24, 2.45) is 7.05 Å². The number of aromatic nitrogens is 2. The second-order valence-electron chi connectivity index (χ2n) is 2.43. The van der Waals surface area contributed by atoms with Crippen LogP contribution in [-0.2, 0) is 13.5 Å². The highest BCUT2D eigenvalue weighted by Gasteiger charge is 2.21. The molecule has 68 valence electrons. The van der Waals surface area contributed by atoms with Gasteiger partial charge in [0.1, 0.15) is 5.69 Å². The minimum atomic E-state index is -2.70. The van der Waals surface area contributed by atoms with Crippen LogP contribution in [0.5, 0.6) is 0 Å². The van der Waals surface area contributed by atoms with Crippen LogP contribution in [0.2, 0.25) is 0 Å². The van der Waals surface area contributed by atoms with Gasteiger partial charge in [0, 0.05) is 12.6 Å². The van der Waals surface area contributed by atoms with E-state index in [0.717, 1.165) is 4.68 Å². The summed E-state index contributed by atoms with van der Waals surface area (Å²) >= 11 is 0. The molecule has 5 heteroatoms. The first kappa shape index (κ1) is 9.09. The molecule has 0 aliphatic carbocycles. The number of rotatable bonds is 2. The van der Waals surface area contributed by atoms with E-state index in [1.165, 1.54) is 7.05 Å². The number of alkyl halides is 2. The fraction of sp³-hybridized carbons (Fsp3) is 0.571. The summed E-state index contributed by atoms with van der Waals surface area (Å²) in [5.41, 5.74) is -0.440. The standard InChI is InChI=1S/C7H9F3N2/c1-3-4-5(6(8)9)11-12(2)7(4)10/h6H,3H2,1-2H3. The van der Waals surface area contributed by atoms with Gasteiger partial charge in [-0.15, -0.1) is 0 Å². The van der Waals surface area contributed by atoms with Crippen molar-refractivity contribution in [3.05, 3.63) is 17.2 Å². The normalized spacial score (nSPS) is 11.2. The molecule has 0 unspecified atom stereocenters. The summed E-state index contributed by atoms with van der Waals surface area (Å²) in [5, 5.41) is 3.37. The second kappa shape index (κ2) is 3.16. The first-order valence-corrected chi connectivity index (χ1v) is 3.57. The van der Waals surface area contributed by atoms with Crippen LogP contribution in [0.4, 0.5) is 13.2 Å². The monoisotopic (exact) mass is 178 g/mol. The van der Waals surface area contributed by atoms with Crippen molar-refractivity contribution >= 4 is 0 Å². The van der Waals surface area contributed by atoms with Crippen LogP contribution in [0.15, 0.2) is 0 Å². The Bertz CT molecular complexity index is 280. The Balaban J connectivity index is 3.20. The van der Waals surface area contributed by atoms with Crippen molar-refractivity contribution in [2.75, 3.05) is 0 Å². The zero-order valence-corrected chi connectivity index (χ0v) is 6.81. The van der Waals surface area contributed by atoms with E-state index in [-0.39, 0.29) is 12.0 Å². The summed E-state index contributed by atoms with van der Waals surface area (Å²) in [4.78, 5) is 0. The molecular formula is C7H9F3N2. The Morgan fingerprint density at radius 2 is 2.08 bits per heavy atom. The predicted octanol–water partition coefficient (Wildman–Crippen LogP) is 2.06. The van der Waals surface area contributed by atoms with Crippen LogP contribution in [0.3, 0.4) is 0 Å². The molecule has 0 atom stereocenters. The molecule has 0 amide bonds. The largest absolute Gasteiger partial charge is 0.282 e. The van der Waals surface area contributed by atoms with Gasteiger partial charge in [-0.3, -0.25) is 0 Å². The van der Waals surface area contributed by atoms with Crippen molar-refractivity contribution in [1.29, 1.82) is 0 Å². The highest BCUT2D eigenvalue weighted by Crippen LogP contribution is 2.23. The maximum Gasteiger partial charge on any atom is 0.282 e. The topological polar surface area (TPSA) is 17.8 Å².